The van der Waals surface area contributed by atoms with Crippen molar-refractivity contribution >= 4 is 29.1 Å². The van der Waals surface area contributed by atoms with E-state index < -0.39 is 24.0 Å². The van der Waals surface area contributed by atoms with Crippen LogP contribution in [0.1, 0.15) is 93.3 Å². The van der Waals surface area contributed by atoms with Crippen molar-refractivity contribution in [1.29, 1.82) is 0 Å². The molecular formula is C39H48N4O5S. The smallest absolute Gasteiger partial charge is 0.305 e. The predicted octanol–water partition coefficient (Wildman–Crippen LogP) is 7.84. The molecule has 3 N–H and O–H groups in total. The summed E-state index contributed by atoms with van der Waals surface area (Å²) >= 11 is 1.39. The number of aromatic nitrogens is 2. The summed E-state index contributed by atoms with van der Waals surface area (Å²) in [7, 11) is 0. The maximum atomic E-state index is 13.3. The van der Waals surface area contributed by atoms with Crippen molar-refractivity contribution in [2.75, 3.05) is 6.61 Å². The fourth-order valence-electron chi connectivity index (χ4n) is 5.25. The van der Waals surface area contributed by atoms with E-state index in [1.807, 2.05) is 54.6 Å². The Balaban J connectivity index is 1.40. The number of carbonyl (C=O) groups is 3. The van der Waals surface area contributed by atoms with Crippen molar-refractivity contribution in [3.05, 3.63) is 88.4 Å². The molecule has 9 nitrogen and oxygen atoms in total. The van der Waals surface area contributed by atoms with Gasteiger partial charge < -0.3 is 20.5 Å². The van der Waals surface area contributed by atoms with Gasteiger partial charge in [-0.25, -0.2) is 9.97 Å². The SMILES string of the molecule is CCCCCCCOc1ccc(-c2cnc(-c3ccc(CC(NC(=O)c4ccc(C(C)(C)C)s4)C(=O)NC(C)CC(=O)O)cc3)nc2)cc1. The Kier molecular flexibility index (Phi) is 13.5. The normalized spacial score (nSPS) is 12.6. The lowest BCUT2D eigenvalue weighted by Gasteiger charge is -2.21. The van der Waals surface area contributed by atoms with Crippen LogP contribution in [-0.4, -0.2) is 51.5 Å². The first-order valence-corrected chi connectivity index (χ1v) is 17.8. The summed E-state index contributed by atoms with van der Waals surface area (Å²) in [4.78, 5) is 48.4. The molecule has 0 aliphatic rings. The summed E-state index contributed by atoms with van der Waals surface area (Å²) in [6, 6.07) is 17.7. The molecule has 4 aromatic rings. The van der Waals surface area contributed by atoms with Gasteiger partial charge in [-0.15, -0.1) is 11.3 Å². The van der Waals surface area contributed by atoms with Gasteiger partial charge in [0.1, 0.15) is 11.8 Å². The first kappa shape index (κ1) is 37.3. The Labute approximate surface area is 293 Å². The third-order valence-electron chi connectivity index (χ3n) is 8.07. The van der Waals surface area contributed by atoms with E-state index in [0.29, 0.717) is 10.7 Å². The van der Waals surface area contributed by atoms with Crippen molar-refractivity contribution in [1.82, 2.24) is 20.6 Å². The van der Waals surface area contributed by atoms with Crippen molar-refractivity contribution in [2.24, 2.45) is 0 Å². The molecule has 0 saturated heterocycles. The predicted molar refractivity (Wildman–Crippen MR) is 195 cm³/mol. The van der Waals surface area contributed by atoms with Crippen molar-refractivity contribution in [3.8, 4) is 28.3 Å². The maximum Gasteiger partial charge on any atom is 0.305 e. The van der Waals surface area contributed by atoms with E-state index in [9.17, 15) is 14.4 Å². The van der Waals surface area contributed by atoms with Crippen molar-refractivity contribution in [3.63, 3.8) is 0 Å². The molecule has 49 heavy (non-hydrogen) atoms. The van der Waals surface area contributed by atoms with Crippen LogP contribution in [-0.2, 0) is 21.4 Å². The molecular weight excluding hydrogens is 637 g/mol. The van der Waals surface area contributed by atoms with Gasteiger partial charge in [-0.1, -0.05) is 89.8 Å². The van der Waals surface area contributed by atoms with Crippen LogP contribution >= 0.6 is 11.3 Å². The highest BCUT2D eigenvalue weighted by Crippen LogP contribution is 2.29. The van der Waals surface area contributed by atoms with Gasteiger partial charge >= 0.3 is 5.97 Å². The Hall–Kier alpha value is -4.57. The molecule has 0 radical (unpaired) electrons. The molecule has 2 amide bonds. The lowest BCUT2D eigenvalue weighted by molar-refractivity contribution is -0.137. The minimum absolute atomic E-state index is 0.105. The van der Waals surface area contributed by atoms with Gasteiger partial charge in [0.2, 0.25) is 5.91 Å². The number of carboxylic acids is 1. The molecule has 260 valence electrons. The fourth-order valence-corrected chi connectivity index (χ4v) is 6.22. The number of ether oxygens (including phenoxy) is 1. The zero-order chi connectivity index (χ0) is 35.4. The van der Waals surface area contributed by atoms with E-state index in [-0.39, 0.29) is 24.2 Å². The molecule has 2 heterocycles. The van der Waals surface area contributed by atoms with E-state index in [1.54, 1.807) is 25.4 Å². The molecule has 0 fully saturated rings. The average molecular weight is 685 g/mol. The second-order valence-electron chi connectivity index (χ2n) is 13.4. The van der Waals surface area contributed by atoms with Crippen LogP contribution in [0.5, 0.6) is 5.75 Å². The number of aliphatic carboxylic acids is 1. The average Bonchev–Trinajstić information content (AvgIpc) is 3.58. The third kappa shape index (κ3) is 11.5. The van der Waals surface area contributed by atoms with Gasteiger partial charge in [0.15, 0.2) is 5.82 Å². The zero-order valence-electron chi connectivity index (χ0n) is 29.1. The highest BCUT2D eigenvalue weighted by molar-refractivity contribution is 7.14. The molecule has 0 spiro atoms. The minimum atomic E-state index is -1.01. The lowest BCUT2D eigenvalue weighted by Crippen LogP contribution is -2.50. The summed E-state index contributed by atoms with van der Waals surface area (Å²) in [5, 5.41) is 14.8. The first-order chi connectivity index (χ1) is 23.4. The van der Waals surface area contributed by atoms with Gasteiger partial charge in [-0.2, -0.15) is 0 Å². The van der Waals surface area contributed by atoms with Crippen molar-refractivity contribution in [2.45, 2.75) is 97.1 Å². The topological polar surface area (TPSA) is 131 Å². The first-order valence-electron chi connectivity index (χ1n) is 17.0. The number of carbonyl (C=O) groups excluding carboxylic acids is 2. The molecule has 2 unspecified atom stereocenters. The van der Waals surface area contributed by atoms with Crippen LogP contribution in [0.2, 0.25) is 0 Å². The Morgan fingerprint density at radius 2 is 1.49 bits per heavy atom. The highest BCUT2D eigenvalue weighted by atomic mass is 32.1. The van der Waals surface area contributed by atoms with E-state index in [1.165, 1.54) is 37.0 Å². The number of nitrogens with one attached hydrogen (secondary N) is 2. The summed E-state index contributed by atoms with van der Waals surface area (Å²) in [5.41, 5.74) is 3.42. The lowest BCUT2D eigenvalue weighted by atomic mass is 9.95. The summed E-state index contributed by atoms with van der Waals surface area (Å²) in [6.07, 6.45) is 9.60. The van der Waals surface area contributed by atoms with Gasteiger partial charge in [0.25, 0.3) is 5.91 Å². The number of amides is 2. The van der Waals surface area contributed by atoms with Crippen LogP contribution in [0.3, 0.4) is 0 Å². The number of nitrogens with zero attached hydrogens (tertiary/aromatic N) is 2. The zero-order valence-corrected chi connectivity index (χ0v) is 29.9. The summed E-state index contributed by atoms with van der Waals surface area (Å²) in [6.45, 7) is 10.8. The highest BCUT2D eigenvalue weighted by Gasteiger charge is 2.26. The van der Waals surface area contributed by atoms with Gasteiger partial charge in [0, 0.05) is 40.9 Å². The molecule has 4 rings (SSSR count). The Morgan fingerprint density at radius 1 is 0.837 bits per heavy atom. The van der Waals surface area contributed by atoms with E-state index in [0.717, 1.165) is 45.9 Å². The quantitative estimate of drug-likeness (QED) is 0.0966. The maximum absolute atomic E-state index is 13.3. The second-order valence-corrected chi connectivity index (χ2v) is 14.5. The molecule has 2 atom stereocenters. The number of unbranched alkanes of at least 4 members (excludes halogenated alkanes) is 4. The van der Waals surface area contributed by atoms with Gasteiger partial charge in [-0.05, 0) is 54.2 Å². The van der Waals surface area contributed by atoms with Crippen molar-refractivity contribution < 1.29 is 24.2 Å². The molecule has 0 saturated carbocycles. The Bertz CT molecular complexity index is 1660. The summed E-state index contributed by atoms with van der Waals surface area (Å²) < 4.78 is 5.89. The molecule has 2 aromatic heterocycles. The van der Waals surface area contributed by atoms with Crippen LogP contribution in [0, 0.1) is 0 Å². The van der Waals surface area contributed by atoms with E-state index in [4.69, 9.17) is 9.84 Å². The fraction of sp³-hybridized carbons (Fsp3) is 0.410. The van der Waals surface area contributed by atoms with Gasteiger partial charge in [-0.3, -0.25) is 14.4 Å². The van der Waals surface area contributed by atoms with Crippen LogP contribution in [0.4, 0.5) is 0 Å². The Morgan fingerprint density at radius 3 is 2.10 bits per heavy atom. The number of thiophene rings is 1. The molecule has 2 aromatic carbocycles. The monoisotopic (exact) mass is 684 g/mol. The minimum Gasteiger partial charge on any atom is -0.494 e. The van der Waals surface area contributed by atoms with Crippen LogP contribution in [0.25, 0.3) is 22.5 Å². The van der Waals surface area contributed by atoms with E-state index >= 15 is 0 Å². The number of rotatable bonds is 17. The molecule has 0 aliphatic heterocycles. The molecule has 10 heteroatoms. The number of benzene rings is 2. The van der Waals surface area contributed by atoms with E-state index in [2.05, 4.69) is 48.3 Å². The molecule has 0 bridgehead atoms. The largest absolute Gasteiger partial charge is 0.494 e. The van der Waals surface area contributed by atoms with Gasteiger partial charge in [0.05, 0.1) is 17.9 Å². The second kappa shape index (κ2) is 17.7. The number of hydrogen-bond acceptors (Lipinski definition) is 7. The standard InChI is InChI=1S/C39H48N4O5S/c1-6-7-8-9-10-21-48-31-17-15-28(16-18-31)30-24-40-36(41-25-30)29-13-11-27(12-14-29)23-32(37(46)42-26(2)22-35(44)45)43-38(47)33-19-20-34(49-33)39(3,4)5/h11-20,24-26,32H,6-10,21-23H2,1-5H3,(H,42,46)(H,43,47)(H,44,45). The molecule has 0 aliphatic carbocycles. The third-order valence-corrected chi connectivity index (χ3v) is 9.58. The number of hydrogen-bond donors (Lipinski definition) is 3. The van der Waals surface area contributed by atoms with Crippen LogP contribution in [0.15, 0.2) is 73.1 Å². The summed E-state index contributed by atoms with van der Waals surface area (Å²) in [5.74, 6) is -0.391. The van der Waals surface area contributed by atoms with Crippen LogP contribution < -0.4 is 15.4 Å². The number of carboxylic acid groups (broad SMARTS) is 1.